The van der Waals surface area contributed by atoms with Crippen LogP contribution in [0, 0.1) is 6.92 Å². The minimum absolute atomic E-state index is 0.197. The number of aryl methyl sites for hydroxylation is 1. The molecule has 6 nitrogen and oxygen atoms in total. The first-order valence-corrected chi connectivity index (χ1v) is 9.65. The molecule has 0 unspecified atom stereocenters. The molecule has 30 heavy (non-hydrogen) atoms. The number of hydrazine groups is 1. The van der Waals surface area contributed by atoms with E-state index in [1.807, 2.05) is 37.3 Å². The van der Waals surface area contributed by atoms with Crippen LogP contribution in [-0.2, 0) is 11.2 Å². The van der Waals surface area contributed by atoms with Crippen molar-refractivity contribution in [3.8, 4) is 11.5 Å². The zero-order valence-electron chi connectivity index (χ0n) is 16.8. The highest BCUT2D eigenvalue weighted by Gasteiger charge is 2.08. The average molecular weight is 404 g/mol. The van der Waals surface area contributed by atoms with E-state index in [2.05, 4.69) is 23.0 Å². The number of benzene rings is 3. The summed E-state index contributed by atoms with van der Waals surface area (Å²) < 4.78 is 11.1. The Morgan fingerprint density at radius 3 is 2.10 bits per heavy atom. The molecule has 0 aromatic heterocycles. The van der Waals surface area contributed by atoms with Gasteiger partial charge < -0.3 is 9.47 Å². The minimum atomic E-state index is -0.454. The monoisotopic (exact) mass is 404 g/mol. The smallest absolute Gasteiger partial charge is 0.276 e. The largest absolute Gasteiger partial charge is 0.493 e. The van der Waals surface area contributed by atoms with Crippen LogP contribution in [0.15, 0.2) is 78.9 Å². The summed E-state index contributed by atoms with van der Waals surface area (Å²) in [6.07, 6.45) is 0.805. The van der Waals surface area contributed by atoms with Crippen molar-refractivity contribution in [2.75, 3.05) is 13.2 Å². The number of nitrogens with one attached hydrogen (secondary N) is 2. The molecule has 154 valence electrons. The maximum Gasteiger partial charge on any atom is 0.276 e. The van der Waals surface area contributed by atoms with Crippen LogP contribution in [0.5, 0.6) is 11.5 Å². The van der Waals surface area contributed by atoms with Crippen LogP contribution in [0.1, 0.15) is 21.5 Å². The molecule has 0 aliphatic heterocycles. The first-order valence-electron chi connectivity index (χ1n) is 9.65. The highest BCUT2D eigenvalue weighted by atomic mass is 16.5. The molecule has 3 rings (SSSR count). The van der Waals surface area contributed by atoms with Gasteiger partial charge in [0.05, 0.1) is 6.61 Å². The van der Waals surface area contributed by atoms with Crippen molar-refractivity contribution in [1.29, 1.82) is 0 Å². The van der Waals surface area contributed by atoms with E-state index in [4.69, 9.17) is 9.47 Å². The lowest BCUT2D eigenvalue weighted by atomic mass is 10.2. The van der Waals surface area contributed by atoms with Crippen LogP contribution in [0.4, 0.5) is 0 Å². The Kier molecular flexibility index (Phi) is 7.44. The van der Waals surface area contributed by atoms with Gasteiger partial charge in [0.2, 0.25) is 0 Å². The van der Waals surface area contributed by atoms with E-state index in [0.29, 0.717) is 23.7 Å². The fourth-order valence-electron chi connectivity index (χ4n) is 2.65. The summed E-state index contributed by atoms with van der Waals surface area (Å²) in [7, 11) is 0. The maximum atomic E-state index is 12.2. The lowest BCUT2D eigenvalue weighted by Crippen LogP contribution is -2.43. The molecule has 0 bridgehead atoms. The molecule has 3 aromatic carbocycles. The van der Waals surface area contributed by atoms with Crippen molar-refractivity contribution in [3.05, 3.63) is 95.6 Å². The molecule has 0 fully saturated rings. The van der Waals surface area contributed by atoms with Gasteiger partial charge in [0.1, 0.15) is 11.5 Å². The number of carbonyl (C=O) groups excluding carboxylic acids is 2. The standard InChI is InChI=1S/C24H24N2O4/c1-18-7-11-22(12-8-18)30-17-23(27)25-26-24(28)20-9-13-21(14-10-20)29-16-15-19-5-3-2-4-6-19/h2-14H,15-17H2,1H3,(H,25,27)(H,26,28). The zero-order chi connectivity index (χ0) is 21.2. The van der Waals surface area contributed by atoms with E-state index in [-0.39, 0.29) is 6.61 Å². The van der Waals surface area contributed by atoms with Gasteiger partial charge in [-0.25, -0.2) is 0 Å². The predicted molar refractivity (Wildman–Crippen MR) is 114 cm³/mol. The molecule has 0 heterocycles. The van der Waals surface area contributed by atoms with E-state index in [0.717, 1.165) is 12.0 Å². The zero-order valence-corrected chi connectivity index (χ0v) is 16.8. The number of hydrogen-bond acceptors (Lipinski definition) is 4. The van der Waals surface area contributed by atoms with E-state index in [9.17, 15) is 9.59 Å². The van der Waals surface area contributed by atoms with Crippen LogP contribution in [0.25, 0.3) is 0 Å². The summed E-state index contributed by atoms with van der Waals surface area (Å²) in [5.74, 6) is 0.391. The quantitative estimate of drug-likeness (QED) is 0.564. The summed E-state index contributed by atoms with van der Waals surface area (Å²) in [6, 6.07) is 24.2. The Labute approximate surface area is 175 Å². The lowest BCUT2D eigenvalue weighted by molar-refractivity contribution is -0.123. The molecule has 0 saturated heterocycles. The molecule has 2 amide bonds. The van der Waals surface area contributed by atoms with Crippen molar-refractivity contribution < 1.29 is 19.1 Å². The van der Waals surface area contributed by atoms with Gasteiger partial charge in [-0.15, -0.1) is 0 Å². The third-order valence-electron chi connectivity index (χ3n) is 4.33. The number of ether oxygens (including phenoxy) is 2. The maximum absolute atomic E-state index is 12.2. The summed E-state index contributed by atoms with van der Waals surface area (Å²) >= 11 is 0. The topological polar surface area (TPSA) is 76.7 Å². The predicted octanol–water partition coefficient (Wildman–Crippen LogP) is 3.46. The van der Waals surface area contributed by atoms with Gasteiger partial charge >= 0.3 is 0 Å². The Bertz CT molecular complexity index is 955. The van der Waals surface area contributed by atoms with Gasteiger partial charge in [-0.3, -0.25) is 20.4 Å². The highest BCUT2D eigenvalue weighted by molar-refractivity contribution is 5.95. The minimum Gasteiger partial charge on any atom is -0.493 e. The van der Waals surface area contributed by atoms with Gasteiger partial charge in [-0.2, -0.15) is 0 Å². The van der Waals surface area contributed by atoms with Crippen LogP contribution in [0.2, 0.25) is 0 Å². The van der Waals surface area contributed by atoms with Crippen LogP contribution < -0.4 is 20.3 Å². The normalized spacial score (nSPS) is 10.2. The number of hydrogen-bond donors (Lipinski definition) is 2. The summed E-state index contributed by atoms with van der Waals surface area (Å²) in [6.45, 7) is 2.32. The average Bonchev–Trinajstić information content (AvgIpc) is 2.78. The van der Waals surface area contributed by atoms with E-state index >= 15 is 0 Å². The van der Waals surface area contributed by atoms with Crippen LogP contribution >= 0.6 is 0 Å². The molecule has 0 radical (unpaired) electrons. The highest BCUT2D eigenvalue weighted by Crippen LogP contribution is 2.13. The van der Waals surface area contributed by atoms with Gasteiger partial charge in [0.25, 0.3) is 11.8 Å². The molecule has 0 aliphatic rings. The fraction of sp³-hybridized carbons (Fsp3) is 0.167. The molecular weight excluding hydrogens is 380 g/mol. The third-order valence-corrected chi connectivity index (χ3v) is 4.33. The first kappa shape index (κ1) is 20.9. The molecule has 0 spiro atoms. The van der Waals surface area contributed by atoms with Gasteiger partial charge in [-0.05, 0) is 48.9 Å². The van der Waals surface area contributed by atoms with Gasteiger partial charge in [0, 0.05) is 12.0 Å². The summed E-state index contributed by atoms with van der Waals surface area (Å²) in [4.78, 5) is 24.0. The fourth-order valence-corrected chi connectivity index (χ4v) is 2.65. The molecule has 2 N–H and O–H groups in total. The van der Waals surface area contributed by atoms with Crippen LogP contribution in [0.3, 0.4) is 0 Å². The van der Waals surface area contributed by atoms with Crippen molar-refractivity contribution >= 4 is 11.8 Å². The second kappa shape index (κ2) is 10.7. The molecule has 0 saturated carbocycles. The third kappa shape index (κ3) is 6.67. The Morgan fingerprint density at radius 1 is 0.767 bits per heavy atom. The lowest BCUT2D eigenvalue weighted by Gasteiger charge is -2.10. The molecular formula is C24H24N2O4. The Morgan fingerprint density at radius 2 is 1.40 bits per heavy atom. The van der Waals surface area contributed by atoms with Crippen molar-refractivity contribution in [2.24, 2.45) is 0 Å². The van der Waals surface area contributed by atoms with Crippen LogP contribution in [-0.4, -0.2) is 25.0 Å². The van der Waals surface area contributed by atoms with Crippen molar-refractivity contribution in [2.45, 2.75) is 13.3 Å². The Hall–Kier alpha value is -3.80. The van der Waals surface area contributed by atoms with E-state index < -0.39 is 11.8 Å². The second-order valence-electron chi connectivity index (χ2n) is 6.71. The van der Waals surface area contributed by atoms with E-state index in [1.165, 1.54) is 5.56 Å². The molecule has 0 atom stereocenters. The molecule has 3 aromatic rings. The van der Waals surface area contributed by atoms with Gasteiger partial charge in [0.15, 0.2) is 6.61 Å². The van der Waals surface area contributed by atoms with Crippen molar-refractivity contribution in [3.63, 3.8) is 0 Å². The molecule has 0 aliphatic carbocycles. The second-order valence-corrected chi connectivity index (χ2v) is 6.71. The number of carbonyl (C=O) groups is 2. The van der Waals surface area contributed by atoms with E-state index in [1.54, 1.807) is 36.4 Å². The number of rotatable bonds is 8. The SMILES string of the molecule is Cc1ccc(OCC(=O)NNC(=O)c2ccc(OCCc3ccccc3)cc2)cc1. The molecule has 6 heteroatoms. The summed E-state index contributed by atoms with van der Waals surface area (Å²) in [5.41, 5.74) is 7.42. The van der Waals surface area contributed by atoms with Gasteiger partial charge in [-0.1, -0.05) is 48.0 Å². The van der Waals surface area contributed by atoms with Crippen molar-refractivity contribution in [1.82, 2.24) is 10.9 Å². The summed E-state index contributed by atoms with van der Waals surface area (Å²) in [5, 5.41) is 0. The Balaban J connectivity index is 1.38. The first-order chi connectivity index (χ1) is 14.6. The number of amides is 2.